The molecular formula is C24H26N2O4. The third kappa shape index (κ3) is 3.24. The molecule has 1 saturated carbocycles. The van der Waals surface area contributed by atoms with Gasteiger partial charge in [0.05, 0.1) is 12.7 Å². The van der Waals surface area contributed by atoms with Crippen molar-refractivity contribution in [1.82, 2.24) is 10.3 Å². The number of pyridine rings is 1. The van der Waals surface area contributed by atoms with Gasteiger partial charge in [-0.05, 0) is 74.3 Å². The van der Waals surface area contributed by atoms with Crippen molar-refractivity contribution in [3.8, 4) is 5.75 Å². The van der Waals surface area contributed by atoms with Crippen LogP contribution >= 0.6 is 0 Å². The van der Waals surface area contributed by atoms with E-state index in [4.69, 9.17) is 9.47 Å². The van der Waals surface area contributed by atoms with Crippen LogP contribution in [-0.4, -0.2) is 30.0 Å². The maximum Gasteiger partial charge on any atom is 0.341 e. The molecule has 1 aromatic carbocycles. The van der Waals surface area contributed by atoms with Gasteiger partial charge in [0.1, 0.15) is 11.4 Å². The number of methoxy groups -OCH3 is 1. The number of nitrogens with zero attached hydrogens (tertiary/aromatic N) is 1. The van der Waals surface area contributed by atoms with Gasteiger partial charge in [-0.3, -0.25) is 9.78 Å². The first-order valence-corrected chi connectivity index (χ1v) is 10.7. The molecule has 156 valence electrons. The Bertz CT molecular complexity index is 994. The number of carbonyl (C=O) groups excluding carboxylic acids is 2. The molecule has 1 N–H and O–H groups in total. The Labute approximate surface area is 176 Å². The number of aromatic nitrogens is 1. The van der Waals surface area contributed by atoms with Gasteiger partial charge in [-0.25, -0.2) is 4.79 Å². The van der Waals surface area contributed by atoms with Crippen LogP contribution in [0.4, 0.5) is 0 Å². The van der Waals surface area contributed by atoms with E-state index in [-0.39, 0.29) is 23.8 Å². The monoisotopic (exact) mass is 406 g/mol. The van der Waals surface area contributed by atoms with Crippen LogP contribution < -0.4 is 10.1 Å². The number of esters is 1. The highest BCUT2D eigenvalue weighted by Crippen LogP contribution is 2.47. The number of rotatable bonds is 3. The highest BCUT2D eigenvalue weighted by Gasteiger charge is 2.48. The van der Waals surface area contributed by atoms with Crippen LogP contribution in [0, 0.1) is 5.92 Å². The normalized spacial score (nSPS) is 27.2. The molecule has 5 rings (SSSR count). The molecule has 6 nitrogen and oxygen atoms in total. The number of aryl methyl sites for hydroxylation is 1. The van der Waals surface area contributed by atoms with E-state index < -0.39 is 5.60 Å². The average molecular weight is 406 g/mol. The van der Waals surface area contributed by atoms with E-state index in [1.165, 1.54) is 11.1 Å². The molecule has 2 aliphatic carbocycles. The molecular weight excluding hydrogens is 380 g/mol. The lowest BCUT2D eigenvalue weighted by molar-refractivity contribution is -0.128. The van der Waals surface area contributed by atoms with Gasteiger partial charge in [-0.15, -0.1) is 0 Å². The molecule has 1 unspecified atom stereocenters. The first kappa shape index (κ1) is 19.1. The molecule has 6 heteroatoms. The summed E-state index contributed by atoms with van der Waals surface area (Å²) in [5, 5.41) is 3.28. The Kier molecular flexibility index (Phi) is 4.72. The van der Waals surface area contributed by atoms with Gasteiger partial charge in [0.25, 0.3) is 0 Å². The topological polar surface area (TPSA) is 77.5 Å². The van der Waals surface area contributed by atoms with Gasteiger partial charge < -0.3 is 14.8 Å². The third-order valence-electron chi connectivity index (χ3n) is 6.97. The van der Waals surface area contributed by atoms with Crippen LogP contribution in [0.2, 0.25) is 0 Å². The second-order valence-electron chi connectivity index (χ2n) is 8.66. The number of hydrogen-bond acceptors (Lipinski definition) is 5. The van der Waals surface area contributed by atoms with Crippen LogP contribution in [0.5, 0.6) is 5.75 Å². The molecule has 1 atom stereocenters. The number of amides is 1. The van der Waals surface area contributed by atoms with Crippen molar-refractivity contribution < 1.29 is 19.1 Å². The second kappa shape index (κ2) is 7.42. The summed E-state index contributed by atoms with van der Waals surface area (Å²) in [4.78, 5) is 29.2. The van der Waals surface area contributed by atoms with Gasteiger partial charge in [0.15, 0.2) is 0 Å². The Balaban J connectivity index is 1.20. The Morgan fingerprint density at radius 2 is 2.03 bits per heavy atom. The minimum atomic E-state index is -0.574. The Hall–Kier alpha value is -2.89. The summed E-state index contributed by atoms with van der Waals surface area (Å²) in [5.74, 6) is 0.694. The van der Waals surface area contributed by atoms with E-state index in [2.05, 4.69) is 22.4 Å². The van der Waals surface area contributed by atoms with Crippen molar-refractivity contribution in [2.75, 3.05) is 7.11 Å². The SMILES string of the molecule is COc1ccc2c(c1)CCC(NC(=O)[C@H]1CC[C@@]3(CC1)OC(=O)c1cnccc13)C2. The molecule has 0 saturated heterocycles. The zero-order valence-corrected chi connectivity index (χ0v) is 17.1. The predicted molar refractivity (Wildman–Crippen MR) is 110 cm³/mol. The molecule has 1 aliphatic heterocycles. The average Bonchev–Trinajstić information content (AvgIpc) is 3.05. The van der Waals surface area contributed by atoms with E-state index in [1.54, 1.807) is 19.5 Å². The fourth-order valence-electron chi connectivity index (χ4n) is 5.26. The third-order valence-corrected chi connectivity index (χ3v) is 6.97. The van der Waals surface area contributed by atoms with E-state index >= 15 is 0 Å². The minimum Gasteiger partial charge on any atom is -0.497 e. The number of fused-ring (bicyclic) bond motifs is 3. The minimum absolute atomic E-state index is 0.0301. The van der Waals surface area contributed by atoms with Crippen molar-refractivity contribution in [2.45, 2.75) is 56.6 Å². The highest BCUT2D eigenvalue weighted by atomic mass is 16.6. The van der Waals surface area contributed by atoms with Crippen LogP contribution in [0.25, 0.3) is 0 Å². The summed E-state index contributed by atoms with van der Waals surface area (Å²) in [6.45, 7) is 0. The largest absolute Gasteiger partial charge is 0.497 e. The molecule has 0 radical (unpaired) electrons. The maximum absolute atomic E-state index is 12.9. The van der Waals surface area contributed by atoms with Crippen molar-refractivity contribution in [2.24, 2.45) is 5.92 Å². The fourth-order valence-corrected chi connectivity index (χ4v) is 5.26. The van der Waals surface area contributed by atoms with Gasteiger partial charge in [0.2, 0.25) is 5.91 Å². The molecule has 2 aromatic rings. The first-order valence-electron chi connectivity index (χ1n) is 10.7. The lowest BCUT2D eigenvalue weighted by Gasteiger charge is -2.36. The van der Waals surface area contributed by atoms with Crippen molar-refractivity contribution >= 4 is 11.9 Å². The summed E-state index contributed by atoms with van der Waals surface area (Å²) in [6.07, 6.45) is 8.86. The van der Waals surface area contributed by atoms with Crippen molar-refractivity contribution in [1.29, 1.82) is 0 Å². The van der Waals surface area contributed by atoms with Crippen LogP contribution in [-0.2, 0) is 28.0 Å². The lowest BCUT2D eigenvalue weighted by atomic mass is 9.75. The molecule has 1 fully saturated rings. The molecule has 0 bridgehead atoms. The lowest BCUT2D eigenvalue weighted by Crippen LogP contribution is -2.44. The van der Waals surface area contributed by atoms with E-state index in [0.717, 1.165) is 43.4 Å². The molecule has 30 heavy (non-hydrogen) atoms. The van der Waals surface area contributed by atoms with Gasteiger partial charge >= 0.3 is 5.97 Å². The van der Waals surface area contributed by atoms with Gasteiger partial charge in [-0.2, -0.15) is 0 Å². The highest BCUT2D eigenvalue weighted by molar-refractivity contribution is 5.94. The second-order valence-corrected chi connectivity index (χ2v) is 8.66. The fraction of sp³-hybridized carbons (Fsp3) is 0.458. The molecule has 1 aromatic heterocycles. The van der Waals surface area contributed by atoms with Crippen LogP contribution in [0.1, 0.15) is 59.2 Å². The molecule has 1 amide bonds. The van der Waals surface area contributed by atoms with E-state index in [1.807, 2.05) is 12.1 Å². The predicted octanol–water partition coefficient (Wildman–Crippen LogP) is 3.32. The quantitative estimate of drug-likeness (QED) is 0.792. The smallest absolute Gasteiger partial charge is 0.341 e. The Morgan fingerprint density at radius 3 is 2.83 bits per heavy atom. The number of carbonyl (C=O) groups is 2. The van der Waals surface area contributed by atoms with Gasteiger partial charge in [0, 0.05) is 29.9 Å². The summed E-state index contributed by atoms with van der Waals surface area (Å²) in [5.41, 5.74) is 3.53. The van der Waals surface area contributed by atoms with Gasteiger partial charge in [-0.1, -0.05) is 6.07 Å². The standard InChI is InChI=1S/C24H26N2O4/c1-29-19-5-3-16-12-18(4-2-17(16)13-19)26-22(27)15-6-9-24(10-7-15)21-8-11-25-14-20(21)23(28)30-24/h3,5,8,11,13-15,18H,2,4,6-7,9-10,12H2,1H3,(H,26,27)/t15-,18?,24-. The Morgan fingerprint density at radius 1 is 1.20 bits per heavy atom. The summed E-state index contributed by atoms with van der Waals surface area (Å²) in [6, 6.07) is 8.25. The summed E-state index contributed by atoms with van der Waals surface area (Å²) < 4.78 is 11.1. The summed E-state index contributed by atoms with van der Waals surface area (Å²) >= 11 is 0. The molecule has 1 spiro atoms. The summed E-state index contributed by atoms with van der Waals surface area (Å²) in [7, 11) is 1.68. The zero-order chi connectivity index (χ0) is 20.7. The van der Waals surface area contributed by atoms with Crippen molar-refractivity contribution in [3.63, 3.8) is 0 Å². The number of hydrogen-bond donors (Lipinski definition) is 1. The number of ether oxygens (including phenoxy) is 2. The number of nitrogens with one attached hydrogen (secondary N) is 1. The number of benzene rings is 1. The van der Waals surface area contributed by atoms with E-state index in [9.17, 15) is 9.59 Å². The zero-order valence-electron chi connectivity index (χ0n) is 17.1. The molecule has 2 heterocycles. The van der Waals surface area contributed by atoms with Crippen LogP contribution in [0.3, 0.4) is 0 Å². The van der Waals surface area contributed by atoms with E-state index in [0.29, 0.717) is 18.4 Å². The molecule has 3 aliphatic rings. The van der Waals surface area contributed by atoms with Crippen LogP contribution in [0.15, 0.2) is 36.7 Å². The first-order chi connectivity index (χ1) is 14.6. The van der Waals surface area contributed by atoms with Crippen molar-refractivity contribution in [3.05, 3.63) is 58.9 Å². The maximum atomic E-state index is 12.9.